The average molecular weight is 322 g/mol. The molecule has 4 atom stereocenters. The van der Waals surface area contributed by atoms with Crippen molar-refractivity contribution in [3.63, 3.8) is 0 Å². The van der Waals surface area contributed by atoms with Crippen molar-refractivity contribution in [3.05, 3.63) is 47.8 Å². The minimum Gasteiger partial charge on any atom is -0.348 e. The summed E-state index contributed by atoms with van der Waals surface area (Å²) in [6, 6.07) is 4.41. The molecule has 1 N–H and O–H groups in total. The molecule has 5 rings (SSSR count). The summed E-state index contributed by atoms with van der Waals surface area (Å²) in [5, 5.41) is 0. The summed E-state index contributed by atoms with van der Waals surface area (Å²) < 4.78 is 0. The highest BCUT2D eigenvalue weighted by molar-refractivity contribution is 5.83. The van der Waals surface area contributed by atoms with Crippen LogP contribution in [0.3, 0.4) is 0 Å². The second-order valence-electron chi connectivity index (χ2n) is 7.39. The van der Waals surface area contributed by atoms with Gasteiger partial charge in [0.2, 0.25) is 5.91 Å². The zero-order chi connectivity index (χ0) is 16.1. The van der Waals surface area contributed by atoms with Crippen molar-refractivity contribution >= 4 is 5.91 Å². The summed E-state index contributed by atoms with van der Waals surface area (Å²) in [6.07, 6.45) is 10.8. The maximum Gasteiger partial charge on any atom is 0.226 e. The van der Waals surface area contributed by atoms with E-state index in [1.807, 2.05) is 18.6 Å². The smallest absolute Gasteiger partial charge is 0.226 e. The van der Waals surface area contributed by atoms with E-state index < -0.39 is 0 Å². The van der Waals surface area contributed by atoms with Gasteiger partial charge in [-0.2, -0.15) is 0 Å². The third-order valence-corrected chi connectivity index (χ3v) is 6.08. The predicted molar refractivity (Wildman–Crippen MR) is 89.5 cm³/mol. The summed E-state index contributed by atoms with van der Waals surface area (Å²) in [4.78, 5) is 27.3. The summed E-state index contributed by atoms with van der Waals surface area (Å²) in [5.74, 6) is 1.32. The Morgan fingerprint density at radius 3 is 3.12 bits per heavy atom. The number of piperidine rings is 1. The Labute approximate surface area is 141 Å². The maximum atomic E-state index is 13.1. The molecule has 5 nitrogen and oxygen atoms in total. The van der Waals surface area contributed by atoms with Crippen LogP contribution in [0.4, 0.5) is 0 Å². The molecule has 24 heavy (non-hydrogen) atoms. The third-order valence-electron chi connectivity index (χ3n) is 6.08. The first-order valence-corrected chi connectivity index (χ1v) is 9.05. The van der Waals surface area contributed by atoms with Gasteiger partial charge in [-0.05, 0) is 49.7 Å². The van der Waals surface area contributed by atoms with Crippen molar-refractivity contribution in [1.29, 1.82) is 0 Å². The van der Waals surface area contributed by atoms with Crippen LogP contribution in [-0.4, -0.2) is 38.3 Å². The van der Waals surface area contributed by atoms with Crippen molar-refractivity contribution in [1.82, 2.24) is 19.9 Å². The molecule has 2 aliphatic carbocycles. The van der Waals surface area contributed by atoms with Crippen LogP contribution in [0.2, 0.25) is 0 Å². The number of fused-ring (bicyclic) bond motifs is 3. The van der Waals surface area contributed by atoms with Gasteiger partial charge in [0.25, 0.3) is 0 Å². The second-order valence-corrected chi connectivity index (χ2v) is 7.39. The van der Waals surface area contributed by atoms with Crippen molar-refractivity contribution in [2.75, 3.05) is 6.54 Å². The van der Waals surface area contributed by atoms with E-state index in [4.69, 9.17) is 0 Å². The molecule has 1 aliphatic heterocycles. The lowest BCUT2D eigenvalue weighted by Crippen LogP contribution is -2.50. The monoisotopic (exact) mass is 322 g/mol. The Kier molecular flexibility index (Phi) is 3.21. The van der Waals surface area contributed by atoms with E-state index in [9.17, 15) is 4.79 Å². The first-order chi connectivity index (χ1) is 11.8. The zero-order valence-electron chi connectivity index (χ0n) is 13.7. The Morgan fingerprint density at radius 2 is 2.25 bits per heavy atom. The molecule has 1 amide bonds. The molecule has 2 unspecified atom stereocenters. The summed E-state index contributed by atoms with van der Waals surface area (Å²) in [6.45, 7) is 0.913. The average Bonchev–Trinajstić information content (AvgIpc) is 3.29. The van der Waals surface area contributed by atoms with Gasteiger partial charge in [0.05, 0.1) is 12.0 Å². The van der Waals surface area contributed by atoms with Gasteiger partial charge >= 0.3 is 0 Å². The Bertz CT molecular complexity index is 756. The number of hydrogen-bond donors (Lipinski definition) is 1. The number of aromatic amines is 1. The Balaban J connectivity index is 1.35. The molecular weight excluding hydrogens is 300 g/mol. The van der Waals surface area contributed by atoms with E-state index >= 15 is 0 Å². The van der Waals surface area contributed by atoms with Gasteiger partial charge in [-0.25, -0.2) is 4.98 Å². The molecular formula is C19H22N4O. The molecule has 1 saturated carbocycles. The van der Waals surface area contributed by atoms with Crippen LogP contribution in [0.1, 0.15) is 54.5 Å². The minimum absolute atomic E-state index is 0.161. The number of nitrogens with zero attached hydrogens (tertiary/aromatic N) is 3. The van der Waals surface area contributed by atoms with Gasteiger partial charge < -0.3 is 9.88 Å². The highest BCUT2D eigenvalue weighted by atomic mass is 16.2. The van der Waals surface area contributed by atoms with Crippen molar-refractivity contribution in [2.24, 2.45) is 5.92 Å². The summed E-state index contributed by atoms with van der Waals surface area (Å²) >= 11 is 0. The number of hydrogen-bond acceptors (Lipinski definition) is 3. The van der Waals surface area contributed by atoms with Crippen LogP contribution >= 0.6 is 0 Å². The molecule has 0 spiro atoms. The largest absolute Gasteiger partial charge is 0.348 e. The Morgan fingerprint density at radius 1 is 1.29 bits per heavy atom. The zero-order valence-corrected chi connectivity index (χ0v) is 13.7. The number of nitrogens with one attached hydrogen (secondary N) is 1. The van der Waals surface area contributed by atoms with E-state index in [1.165, 1.54) is 17.0 Å². The quantitative estimate of drug-likeness (QED) is 0.924. The van der Waals surface area contributed by atoms with E-state index in [0.29, 0.717) is 23.8 Å². The maximum absolute atomic E-state index is 13.1. The van der Waals surface area contributed by atoms with Gasteiger partial charge in [0.1, 0.15) is 0 Å². The summed E-state index contributed by atoms with van der Waals surface area (Å²) in [5.41, 5.74) is 3.70. The van der Waals surface area contributed by atoms with Gasteiger partial charge in [0, 0.05) is 42.5 Å². The van der Waals surface area contributed by atoms with Gasteiger partial charge in [-0.1, -0.05) is 6.07 Å². The molecule has 2 aromatic rings. The molecule has 1 saturated heterocycles. The van der Waals surface area contributed by atoms with Gasteiger partial charge in [0.15, 0.2) is 0 Å². The van der Waals surface area contributed by atoms with E-state index in [2.05, 4.69) is 25.9 Å². The molecule has 124 valence electrons. The fourth-order valence-corrected chi connectivity index (χ4v) is 4.79. The van der Waals surface area contributed by atoms with Crippen LogP contribution in [0.25, 0.3) is 0 Å². The molecule has 3 heterocycles. The van der Waals surface area contributed by atoms with Crippen molar-refractivity contribution in [2.45, 2.75) is 50.0 Å². The van der Waals surface area contributed by atoms with Crippen molar-refractivity contribution in [3.8, 4) is 0 Å². The lowest BCUT2D eigenvalue weighted by molar-refractivity contribution is -0.137. The number of carbonyl (C=O) groups is 1. The number of imidazole rings is 1. The number of amides is 1. The first kappa shape index (κ1) is 14.2. The van der Waals surface area contributed by atoms with Crippen LogP contribution in [0.5, 0.6) is 0 Å². The highest BCUT2D eigenvalue weighted by Crippen LogP contribution is 2.50. The number of aryl methyl sites for hydroxylation is 1. The molecule has 2 fully saturated rings. The first-order valence-electron chi connectivity index (χ1n) is 9.05. The van der Waals surface area contributed by atoms with E-state index in [-0.39, 0.29) is 5.92 Å². The second kappa shape index (κ2) is 5.43. The van der Waals surface area contributed by atoms with E-state index in [0.717, 1.165) is 38.6 Å². The van der Waals surface area contributed by atoms with Crippen LogP contribution in [0, 0.1) is 5.92 Å². The lowest BCUT2D eigenvalue weighted by Gasteiger charge is -2.43. The lowest BCUT2D eigenvalue weighted by atomic mass is 9.78. The Hall–Kier alpha value is -2.17. The predicted octanol–water partition coefficient (Wildman–Crippen LogP) is 2.63. The molecule has 5 heteroatoms. The van der Waals surface area contributed by atoms with Crippen LogP contribution < -0.4 is 0 Å². The molecule has 0 aromatic carbocycles. The number of aromatic nitrogens is 3. The molecule has 0 bridgehead atoms. The number of rotatable bonds is 2. The normalized spacial score (nSPS) is 31.2. The van der Waals surface area contributed by atoms with Gasteiger partial charge in [-0.3, -0.25) is 9.78 Å². The topological polar surface area (TPSA) is 61.9 Å². The fourth-order valence-electron chi connectivity index (χ4n) is 4.79. The number of carbonyl (C=O) groups excluding carboxylic acids is 1. The number of likely N-dealkylation sites (tertiary alicyclic amines) is 1. The molecule has 3 aliphatic rings. The standard InChI is InChI=1S/C19H22N4O/c24-19(15-9-14(15)12-3-1-7-20-10-12)23-8-2-4-13-17(23)6-5-16-18(13)22-11-21-16/h1,3,7,10-11,13-15,17H,2,4-6,8-9H2,(H,21,22)/t13?,14-,15+,17?/m0/s1. The summed E-state index contributed by atoms with van der Waals surface area (Å²) in [7, 11) is 0. The van der Waals surface area contributed by atoms with Crippen LogP contribution in [0.15, 0.2) is 30.9 Å². The molecule has 2 aromatic heterocycles. The SMILES string of the molecule is O=C([C@@H]1C[C@H]1c1cccnc1)N1CCCC2c3nc[nH]c3CCC21. The minimum atomic E-state index is 0.161. The number of H-pyrrole nitrogens is 1. The van der Waals surface area contributed by atoms with E-state index in [1.54, 1.807) is 6.20 Å². The fraction of sp³-hybridized carbons (Fsp3) is 0.526. The molecule has 0 radical (unpaired) electrons. The third kappa shape index (κ3) is 2.18. The highest BCUT2D eigenvalue weighted by Gasteiger charge is 2.49. The van der Waals surface area contributed by atoms with Crippen molar-refractivity contribution < 1.29 is 4.79 Å². The van der Waals surface area contributed by atoms with Gasteiger partial charge in [-0.15, -0.1) is 0 Å². The number of pyridine rings is 1. The van der Waals surface area contributed by atoms with Crippen LogP contribution in [-0.2, 0) is 11.2 Å².